The van der Waals surface area contributed by atoms with Gasteiger partial charge in [0.15, 0.2) is 5.78 Å². The van der Waals surface area contributed by atoms with Crippen molar-refractivity contribution < 1.29 is 24.0 Å². The summed E-state index contributed by atoms with van der Waals surface area (Å²) in [6, 6.07) is 8.09. The molecule has 4 amide bonds. The largest absolute Gasteiger partial charge is 0.368 e. The molecule has 0 radical (unpaired) electrons. The minimum atomic E-state index is -0.989. The summed E-state index contributed by atoms with van der Waals surface area (Å²) in [5.41, 5.74) is 2.65. The SMILES string of the molecule is CC(=O)c1c(C)c2cnc(Nc3ccc(N4CCN(CCSc5cccc6c5C(=O)N(C5CCC(=O)NC5=O)C6=O)CC4)cn3)nc2n(C2CCCC2)c1=O. The van der Waals surface area contributed by atoms with Crippen LogP contribution in [0, 0.1) is 6.92 Å². The molecule has 4 aromatic rings. The molecule has 1 saturated carbocycles. The van der Waals surface area contributed by atoms with Crippen LogP contribution in [-0.4, -0.2) is 103 Å². The van der Waals surface area contributed by atoms with E-state index in [1.165, 1.54) is 18.7 Å². The van der Waals surface area contributed by atoms with Crippen LogP contribution in [0.5, 0.6) is 0 Å². The first kappa shape index (κ1) is 36.5. The smallest absolute Gasteiger partial charge is 0.263 e. The highest BCUT2D eigenvalue weighted by Crippen LogP contribution is 2.35. The number of Topliss-reactive ketones (excluding diaryl/α,β-unsaturated/α-hetero) is 1. The molecule has 1 aromatic carbocycles. The standard InChI is InChI=1S/C39H41N9O6S/c1-22-27-21-41-39(44-34(27)47(24-6-3-4-7-24)37(53)32(22)23(2)49)42-30-12-10-25(20-40-30)46-16-14-45(15-17-46)18-19-55-29-9-5-8-26-33(29)38(54)48(36(26)52)28-11-13-31(50)43-35(28)51/h5,8-10,12,20-21,24,28H,3-4,6-7,11,13-19H2,1-2H3,(H,43,50,51)(H,40,41,42,44). The maximum Gasteiger partial charge on any atom is 0.263 e. The number of ketones is 1. The molecule has 3 fully saturated rings. The number of piperidine rings is 1. The number of aromatic nitrogens is 4. The number of carbonyl (C=O) groups excluding carboxylic acids is 5. The summed E-state index contributed by atoms with van der Waals surface area (Å²) in [4.78, 5) is 97.0. The van der Waals surface area contributed by atoms with Gasteiger partial charge in [0.05, 0.1) is 28.6 Å². The molecule has 1 aliphatic carbocycles. The van der Waals surface area contributed by atoms with E-state index in [2.05, 4.69) is 30.4 Å². The van der Waals surface area contributed by atoms with Gasteiger partial charge in [0.25, 0.3) is 17.4 Å². The van der Waals surface area contributed by atoms with Gasteiger partial charge in [0.2, 0.25) is 17.8 Å². The van der Waals surface area contributed by atoms with E-state index in [0.29, 0.717) is 44.6 Å². The summed E-state index contributed by atoms with van der Waals surface area (Å²) in [6.07, 6.45) is 7.49. The van der Waals surface area contributed by atoms with Crippen LogP contribution in [0.4, 0.5) is 17.5 Å². The summed E-state index contributed by atoms with van der Waals surface area (Å²) in [5.74, 6) is -0.662. The maximum absolute atomic E-state index is 13.5. The molecule has 4 aliphatic rings. The highest BCUT2D eigenvalue weighted by atomic mass is 32.2. The average molecular weight is 764 g/mol. The second-order valence-corrected chi connectivity index (χ2v) is 15.6. The third-order valence-corrected chi connectivity index (χ3v) is 12.1. The Balaban J connectivity index is 0.869. The fourth-order valence-electron chi connectivity index (χ4n) is 8.19. The second-order valence-electron chi connectivity index (χ2n) is 14.4. The molecule has 55 heavy (non-hydrogen) atoms. The van der Waals surface area contributed by atoms with E-state index in [4.69, 9.17) is 4.98 Å². The molecule has 6 heterocycles. The van der Waals surface area contributed by atoms with Crippen molar-refractivity contribution in [3.63, 3.8) is 0 Å². The molecule has 16 heteroatoms. The normalized spacial score (nSPS) is 19.3. The number of benzene rings is 1. The van der Waals surface area contributed by atoms with Crippen molar-refractivity contribution in [1.29, 1.82) is 0 Å². The van der Waals surface area contributed by atoms with E-state index in [1.54, 1.807) is 29.8 Å². The van der Waals surface area contributed by atoms with Gasteiger partial charge in [0.1, 0.15) is 17.5 Å². The molecule has 15 nitrogen and oxygen atoms in total. The topological polar surface area (TPSA) is 180 Å². The van der Waals surface area contributed by atoms with Gasteiger partial charge in [-0.1, -0.05) is 18.9 Å². The van der Waals surface area contributed by atoms with E-state index >= 15 is 0 Å². The van der Waals surface area contributed by atoms with E-state index in [0.717, 1.165) is 69.0 Å². The number of pyridine rings is 2. The van der Waals surface area contributed by atoms with Gasteiger partial charge in [-0.15, -0.1) is 11.8 Å². The molecule has 0 spiro atoms. The molecule has 3 aromatic heterocycles. The Morgan fingerprint density at radius 3 is 2.44 bits per heavy atom. The minimum absolute atomic E-state index is 0.00445. The van der Waals surface area contributed by atoms with Crippen molar-refractivity contribution in [1.82, 2.24) is 34.6 Å². The zero-order chi connectivity index (χ0) is 38.4. The summed E-state index contributed by atoms with van der Waals surface area (Å²) in [7, 11) is 0. The van der Waals surface area contributed by atoms with Crippen molar-refractivity contribution in [2.24, 2.45) is 0 Å². The summed E-state index contributed by atoms with van der Waals surface area (Å²) in [6.45, 7) is 7.29. The molecule has 8 rings (SSSR count). The van der Waals surface area contributed by atoms with Crippen LogP contribution in [0.15, 0.2) is 52.4 Å². The van der Waals surface area contributed by atoms with Crippen LogP contribution < -0.4 is 21.1 Å². The molecule has 2 N–H and O–H groups in total. The van der Waals surface area contributed by atoms with Gasteiger partial charge >= 0.3 is 0 Å². The van der Waals surface area contributed by atoms with E-state index in [1.807, 2.05) is 24.4 Å². The van der Waals surface area contributed by atoms with Gasteiger partial charge < -0.3 is 10.2 Å². The Morgan fingerprint density at radius 1 is 0.945 bits per heavy atom. The Morgan fingerprint density at radius 2 is 1.73 bits per heavy atom. The third-order valence-electron chi connectivity index (χ3n) is 11.1. The maximum atomic E-state index is 13.5. The number of piperazine rings is 1. The van der Waals surface area contributed by atoms with Gasteiger partial charge in [-0.2, -0.15) is 4.98 Å². The number of carbonyl (C=O) groups is 5. The van der Waals surface area contributed by atoms with E-state index in [-0.39, 0.29) is 41.4 Å². The number of thioether (sulfide) groups is 1. The first-order valence-electron chi connectivity index (χ1n) is 18.7. The van der Waals surface area contributed by atoms with Crippen molar-refractivity contribution in [2.75, 3.05) is 48.7 Å². The predicted octanol–water partition coefficient (Wildman–Crippen LogP) is 3.87. The fraction of sp³-hybridized carbons (Fsp3) is 0.410. The van der Waals surface area contributed by atoms with Crippen LogP contribution >= 0.6 is 11.8 Å². The lowest BCUT2D eigenvalue weighted by molar-refractivity contribution is -0.136. The quantitative estimate of drug-likeness (QED) is 0.135. The van der Waals surface area contributed by atoms with Crippen LogP contribution in [0.25, 0.3) is 11.0 Å². The summed E-state index contributed by atoms with van der Waals surface area (Å²) < 4.78 is 1.70. The molecule has 284 valence electrons. The number of nitrogens with one attached hydrogen (secondary N) is 2. The number of anilines is 3. The molecule has 0 bridgehead atoms. The Labute approximate surface area is 320 Å². The number of hydrogen-bond acceptors (Lipinski definition) is 13. The van der Waals surface area contributed by atoms with Gasteiger partial charge in [-0.3, -0.25) is 48.5 Å². The Kier molecular flexibility index (Phi) is 9.94. The van der Waals surface area contributed by atoms with Crippen molar-refractivity contribution in [3.05, 3.63) is 75.3 Å². The van der Waals surface area contributed by atoms with Crippen molar-refractivity contribution in [3.8, 4) is 0 Å². The zero-order valence-corrected chi connectivity index (χ0v) is 31.5. The van der Waals surface area contributed by atoms with Crippen LogP contribution in [0.2, 0.25) is 0 Å². The number of fused-ring (bicyclic) bond motifs is 2. The highest BCUT2D eigenvalue weighted by molar-refractivity contribution is 7.99. The predicted molar refractivity (Wildman–Crippen MR) is 206 cm³/mol. The summed E-state index contributed by atoms with van der Waals surface area (Å²) in [5, 5.41) is 6.12. The number of nitrogens with zero attached hydrogens (tertiary/aromatic N) is 7. The van der Waals surface area contributed by atoms with Gasteiger partial charge in [-0.05, 0) is 62.9 Å². The molecule has 1 unspecified atom stereocenters. The third kappa shape index (κ3) is 6.88. The monoisotopic (exact) mass is 763 g/mol. The number of imide groups is 2. The lowest BCUT2D eigenvalue weighted by atomic mass is 10.0. The molecule has 2 saturated heterocycles. The van der Waals surface area contributed by atoms with Gasteiger partial charge in [-0.25, -0.2) is 9.97 Å². The number of amides is 4. The van der Waals surface area contributed by atoms with Crippen molar-refractivity contribution >= 4 is 69.7 Å². The molecule has 3 aliphatic heterocycles. The zero-order valence-electron chi connectivity index (χ0n) is 30.7. The first-order valence-corrected chi connectivity index (χ1v) is 19.7. The van der Waals surface area contributed by atoms with Crippen LogP contribution in [0.3, 0.4) is 0 Å². The second kappa shape index (κ2) is 15.0. The molecular weight excluding hydrogens is 723 g/mol. The van der Waals surface area contributed by atoms with E-state index < -0.39 is 29.7 Å². The highest BCUT2D eigenvalue weighted by Gasteiger charge is 2.45. The van der Waals surface area contributed by atoms with Gasteiger partial charge in [0, 0.05) is 67.4 Å². The minimum Gasteiger partial charge on any atom is -0.368 e. The lowest BCUT2D eigenvalue weighted by Crippen LogP contribution is -2.54. The lowest BCUT2D eigenvalue weighted by Gasteiger charge is -2.35. The number of rotatable bonds is 10. The average Bonchev–Trinajstić information content (AvgIpc) is 3.79. The number of aryl methyl sites for hydroxylation is 1. The number of hydrogen-bond donors (Lipinski definition) is 2. The van der Waals surface area contributed by atoms with Crippen molar-refractivity contribution in [2.45, 2.75) is 69.4 Å². The first-order chi connectivity index (χ1) is 26.6. The Bertz CT molecular complexity index is 2300. The molecular formula is C39H41N9O6S. The summed E-state index contributed by atoms with van der Waals surface area (Å²) >= 11 is 1.52. The van der Waals surface area contributed by atoms with Crippen LogP contribution in [0.1, 0.15) is 88.1 Å². The fourth-order valence-corrected chi connectivity index (χ4v) is 9.27. The van der Waals surface area contributed by atoms with E-state index in [9.17, 15) is 28.8 Å². The van der Waals surface area contributed by atoms with Crippen LogP contribution in [-0.2, 0) is 9.59 Å². The Hall–Kier alpha value is -5.48. The molecule has 1 atom stereocenters.